The first-order valence-corrected chi connectivity index (χ1v) is 7.22. The van der Waals surface area contributed by atoms with Crippen molar-refractivity contribution in [3.05, 3.63) is 65.5 Å². The van der Waals surface area contributed by atoms with Gasteiger partial charge in [0, 0.05) is 31.0 Å². The van der Waals surface area contributed by atoms with Crippen molar-refractivity contribution in [2.45, 2.75) is 13.8 Å². The molecular weight excluding hydrogens is 260 g/mol. The first kappa shape index (κ1) is 15.0. The van der Waals surface area contributed by atoms with Gasteiger partial charge >= 0.3 is 0 Å². The smallest absolute Gasteiger partial charge is 0.253 e. The summed E-state index contributed by atoms with van der Waals surface area (Å²) in [4.78, 5) is 18.0. The molecule has 0 atom stereocenters. The van der Waals surface area contributed by atoms with Gasteiger partial charge in [-0.2, -0.15) is 0 Å². The molecule has 1 heterocycles. The monoisotopic (exact) mass is 280 g/mol. The number of rotatable bonds is 5. The second-order valence-corrected chi connectivity index (χ2v) is 4.71. The third-order valence-corrected chi connectivity index (χ3v) is 3.38. The lowest BCUT2D eigenvalue weighted by molar-refractivity contribution is 0.0773. The van der Waals surface area contributed by atoms with Crippen LogP contribution in [0.5, 0.6) is 0 Å². The lowest BCUT2D eigenvalue weighted by atomic mass is 10.1. The first-order chi connectivity index (χ1) is 10.2. The van der Waals surface area contributed by atoms with E-state index in [2.05, 4.69) is 4.98 Å². The molecule has 0 bridgehead atoms. The summed E-state index contributed by atoms with van der Waals surface area (Å²) in [6, 6.07) is 11.6. The number of aromatic nitrogens is 1. The zero-order chi connectivity index (χ0) is 15.1. The Kier molecular flexibility index (Phi) is 5.27. The molecule has 108 valence electrons. The number of carbonyl (C=O) groups excluding carboxylic acids is 1. The standard InChI is InChI=1S/C18H20N2O/c1-3-20(4-2)18(21)17-9-7-15(8-10-17)5-6-16-11-13-19-14-12-16/h5-14H,3-4H2,1-2H3. The molecule has 0 N–H and O–H groups in total. The molecular formula is C18H20N2O. The maximum absolute atomic E-state index is 12.2. The fourth-order valence-corrected chi connectivity index (χ4v) is 2.10. The van der Waals surface area contributed by atoms with Crippen LogP contribution >= 0.6 is 0 Å². The van der Waals surface area contributed by atoms with E-state index in [1.54, 1.807) is 12.4 Å². The van der Waals surface area contributed by atoms with Crippen LogP contribution < -0.4 is 0 Å². The van der Waals surface area contributed by atoms with Crippen LogP contribution in [-0.2, 0) is 0 Å². The molecule has 0 aliphatic carbocycles. The van der Waals surface area contributed by atoms with Crippen LogP contribution in [0.3, 0.4) is 0 Å². The molecule has 3 heteroatoms. The number of benzene rings is 1. The molecule has 0 unspecified atom stereocenters. The number of carbonyl (C=O) groups is 1. The molecule has 0 saturated heterocycles. The third-order valence-electron chi connectivity index (χ3n) is 3.38. The highest BCUT2D eigenvalue weighted by Crippen LogP contribution is 2.11. The number of amides is 1. The van der Waals surface area contributed by atoms with Crippen LogP contribution in [0.1, 0.15) is 35.3 Å². The summed E-state index contributed by atoms with van der Waals surface area (Å²) >= 11 is 0. The fraction of sp³-hybridized carbons (Fsp3) is 0.222. The molecule has 1 amide bonds. The van der Waals surface area contributed by atoms with E-state index in [0.29, 0.717) is 0 Å². The fourth-order valence-electron chi connectivity index (χ4n) is 2.10. The van der Waals surface area contributed by atoms with E-state index in [1.807, 2.05) is 67.3 Å². The minimum Gasteiger partial charge on any atom is -0.339 e. The zero-order valence-corrected chi connectivity index (χ0v) is 12.5. The molecule has 0 fully saturated rings. The zero-order valence-electron chi connectivity index (χ0n) is 12.5. The summed E-state index contributed by atoms with van der Waals surface area (Å²) in [6.45, 7) is 5.46. The van der Waals surface area contributed by atoms with Crippen molar-refractivity contribution in [2.75, 3.05) is 13.1 Å². The van der Waals surface area contributed by atoms with Crippen molar-refractivity contribution in [3.8, 4) is 0 Å². The molecule has 2 aromatic rings. The van der Waals surface area contributed by atoms with Crippen molar-refractivity contribution >= 4 is 18.1 Å². The quantitative estimate of drug-likeness (QED) is 0.836. The van der Waals surface area contributed by atoms with Crippen molar-refractivity contribution in [3.63, 3.8) is 0 Å². The van der Waals surface area contributed by atoms with Gasteiger partial charge in [-0.15, -0.1) is 0 Å². The first-order valence-electron chi connectivity index (χ1n) is 7.22. The summed E-state index contributed by atoms with van der Waals surface area (Å²) in [6.07, 6.45) is 7.60. The van der Waals surface area contributed by atoms with Crippen LogP contribution in [-0.4, -0.2) is 28.9 Å². The minimum absolute atomic E-state index is 0.0877. The maximum Gasteiger partial charge on any atom is 0.253 e. The van der Waals surface area contributed by atoms with E-state index in [1.165, 1.54) is 0 Å². The van der Waals surface area contributed by atoms with Gasteiger partial charge in [-0.3, -0.25) is 9.78 Å². The van der Waals surface area contributed by atoms with E-state index in [-0.39, 0.29) is 5.91 Å². The van der Waals surface area contributed by atoms with E-state index in [4.69, 9.17) is 0 Å². The summed E-state index contributed by atoms with van der Waals surface area (Å²) in [5, 5.41) is 0. The SMILES string of the molecule is CCN(CC)C(=O)c1ccc(C=Cc2ccncc2)cc1. The topological polar surface area (TPSA) is 33.2 Å². The Hall–Kier alpha value is -2.42. The largest absolute Gasteiger partial charge is 0.339 e. The van der Waals surface area contributed by atoms with Gasteiger partial charge in [-0.1, -0.05) is 24.3 Å². The number of nitrogens with zero attached hydrogens (tertiary/aromatic N) is 2. The van der Waals surface area contributed by atoms with E-state index in [9.17, 15) is 4.79 Å². The van der Waals surface area contributed by atoms with Crippen LogP contribution in [0.2, 0.25) is 0 Å². The summed E-state index contributed by atoms with van der Waals surface area (Å²) in [5.74, 6) is 0.0877. The Labute approximate surface area is 125 Å². The van der Waals surface area contributed by atoms with Crippen LogP contribution in [0.4, 0.5) is 0 Å². The van der Waals surface area contributed by atoms with Crippen LogP contribution in [0.25, 0.3) is 12.2 Å². The summed E-state index contributed by atoms with van der Waals surface area (Å²) < 4.78 is 0. The normalized spacial score (nSPS) is 10.8. The Morgan fingerprint density at radius 3 is 2.00 bits per heavy atom. The Bertz CT molecular complexity index is 599. The number of pyridine rings is 1. The van der Waals surface area contributed by atoms with Gasteiger partial charge in [-0.25, -0.2) is 0 Å². The third kappa shape index (κ3) is 4.02. The van der Waals surface area contributed by atoms with Crippen molar-refractivity contribution in [2.24, 2.45) is 0 Å². The van der Waals surface area contributed by atoms with Crippen molar-refractivity contribution < 1.29 is 4.79 Å². The average molecular weight is 280 g/mol. The van der Waals surface area contributed by atoms with Gasteiger partial charge in [-0.05, 0) is 49.2 Å². The predicted octanol–water partition coefficient (Wildman–Crippen LogP) is 3.73. The van der Waals surface area contributed by atoms with E-state index in [0.717, 1.165) is 29.8 Å². The van der Waals surface area contributed by atoms with Gasteiger partial charge in [0.05, 0.1) is 0 Å². The van der Waals surface area contributed by atoms with E-state index >= 15 is 0 Å². The molecule has 0 saturated carbocycles. The lowest BCUT2D eigenvalue weighted by Crippen LogP contribution is -2.30. The van der Waals surface area contributed by atoms with Gasteiger partial charge in [0.1, 0.15) is 0 Å². The number of hydrogen-bond acceptors (Lipinski definition) is 2. The molecule has 21 heavy (non-hydrogen) atoms. The van der Waals surface area contributed by atoms with Gasteiger partial charge in [0.25, 0.3) is 5.91 Å². The van der Waals surface area contributed by atoms with Gasteiger partial charge in [0.2, 0.25) is 0 Å². The Morgan fingerprint density at radius 2 is 1.48 bits per heavy atom. The van der Waals surface area contributed by atoms with Crippen LogP contribution in [0.15, 0.2) is 48.8 Å². The molecule has 0 aliphatic rings. The number of hydrogen-bond donors (Lipinski definition) is 0. The summed E-state index contributed by atoms with van der Waals surface area (Å²) in [5.41, 5.74) is 2.91. The molecule has 0 spiro atoms. The highest BCUT2D eigenvalue weighted by atomic mass is 16.2. The van der Waals surface area contributed by atoms with Gasteiger partial charge in [0.15, 0.2) is 0 Å². The molecule has 0 aliphatic heterocycles. The highest BCUT2D eigenvalue weighted by Gasteiger charge is 2.11. The maximum atomic E-state index is 12.2. The molecule has 1 aromatic heterocycles. The minimum atomic E-state index is 0.0877. The van der Waals surface area contributed by atoms with Gasteiger partial charge < -0.3 is 4.90 Å². The summed E-state index contributed by atoms with van der Waals surface area (Å²) in [7, 11) is 0. The molecule has 3 nitrogen and oxygen atoms in total. The van der Waals surface area contributed by atoms with Crippen molar-refractivity contribution in [1.82, 2.24) is 9.88 Å². The second-order valence-electron chi connectivity index (χ2n) is 4.71. The Morgan fingerprint density at radius 1 is 0.952 bits per heavy atom. The second kappa shape index (κ2) is 7.39. The average Bonchev–Trinajstić information content (AvgIpc) is 2.55. The molecule has 0 radical (unpaired) electrons. The highest BCUT2D eigenvalue weighted by molar-refractivity contribution is 5.94. The predicted molar refractivity (Wildman–Crippen MR) is 86.9 cm³/mol. The van der Waals surface area contributed by atoms with Crippen LogP contribution in [0, 0.1) is 0 Å². The molecule has 1 aromatic carbocycles. The molecule has 2 rings (SSSR count). The van der Waals surface area contributed by atoms with E-state index < -0.39 is 0 Å². The van der Waals surface area contributed by atoms with Crippen molar-refractivity contribution in [1.29, 1.82) is 0 Å². The lowest BCUT2D eigenvalue weighted by Gasteiger charge is -2.18. The Balaban J connectivity index is 2.09.